The van der Waals surface area contributed by atoms with Crippen molar-refractivity contribution in [3.63, 3.8) is 0 Å². The molecule has 1 fully saturated rings. The van der Waals surface area contributed by atoms with E-state index in [0.29, 0.717) is 19.0 Å². The van der Waals surface area contributed by atoms with Crippen LogP contribution in [0.15, 0.2) is 42.6 Å². The van der Waals surface area contributed by atoms with Crippen LogP contribution in [-0.2, 0) is 9.53 Å². The highest BCUT2D eigenvalue weighted by molar-refractivity contribution is 5.91. The van der Waals surface area contributed by atoms with Crippen LogP contribution in [-0.4, -0.2) is 24.1 Å². The maximum absolute atomic E-state index is 12.2. The molecule has 0 saturated carbocycles. The smallest absolute Gasteiger partial charge is 0.228 e. The Kier molecular flexibility index (Phi) is 4.88. The average molecular weight is 311 g/mol. The number of nitrogens with one attached hydrogen (secondary N) is 2. The summed E-state index contributed by atoms with van der Waals surface area (Å²) in [5.41, 5.74) is 3.11. The second-order valence-corrected chi connectivity index (χ2v) is 5.75. The molecule has 0 spiro atoms. The summed E-state index contributed by atoms with van der Waals surface area (Å²) in [6.07, 6.45) is 3.28. The number of carbonyl (C=O) groups is 1. The molecule has 5 heteroatoms. The molecule has 1 amide bonds. The van der Waals surface area contributed by atoms with Gasteiger partial charge in [0.25, 0.3) is 0 Å². The normalized spacial score (nSPS) is 15.2. The summed E-state index contributed by atoms with van der Waals surface area (Å²) >= 11 is 0. The van der Waals surface area contributed by atoms with Gasteiger partial charge in [0.05, 0.1) is 11.9 Å². The third-order valence-electron chi connectivity index (χ3n) is 4.03. The number of aromatic nitrogens is 1. The van der Waals surface area contributed by atoms with E-state index in [1.165, 1.54) is 5.56 Å². The SMILES string of the molecule is Cc1ccccc1Nc1ccc(NC(=O)C2CCOCC2)nc1. The topological polar surface area (TPSA) is 63.2 Å². The molecule has 23 heavy (non-hydrogen) atoms. The van der Waals surface area contributed by atoms with Crippen LogP contribution in [0.25, 0.3) is 0 Å². The second kappa shape index (κ2) is 7.24. The molecule has 1 aromatic carbocycles. The molecule has 0 aliphatic carbocycles. The van der Waals surface area contributed by atoms with Crippen LogP contribution >= 0.6 is 0 Å². The quantitative estimate of drug-likeness (QED) is 0.907. The number of pyridine rings is 1. The van der Waals surface area contributed by atoms with Crippen LogP contribution in [0.5, 0.6) is 0 Å². The van der Waals surface area contributed by atoms with Crippen LogP contribution < -0.4 is 10.6 Å². The van der Waals surface area contributed by atoms with Gasteiger partial charge >= 0.3 is 0 Å². The number of ether oxygens (including phenoxy) is 1. The minimum Gasteiger partial charge on any atom is -0.381 e. The van der Waals surface area contributed by atoms with Gasteiger partial charge in [-0.05, 0) is 43.5 Å². The summed E-state index contributed by atoms with van der Waals surface area (Å²) in [5.74, 6) is 0.632. The molecule has 0 unspecified atom stereocenters. The van der Waals surface area contributed by atoms with E-state index in [9.17, 15) is 4.79 Å². The van der Waals surface area contributed by atoms with E-state index >= 15 is 0 Å². The fourth-order valence-electron chi connectivity index (χ4n) is 2.60. The van der Waals surface area contributed by atoms with Gasteiger partial charge in [0.2, 0.25) is 5.91 Å². The highest BCUT2D eigenvalue weighted by Gasteiger charge is 2.21. The number of hydrogen-bond acceptors (Lipinski definition) is 4. The largest absolute Gasteiger partial charge is 0.381 e. The van der Waals surface area contributed by atoms with Crippen molar-refractivity contribution in [1.29, 1.82) is 0 Å². The number of benzene rings is 1. The number of nitrogens with zero attached hydrogens (tertiary/aromatic N) is 1. The molecule has 3 rings (SSSR count). The van der Waals surface area contributed by atoms with Crippen molar-refractivity contribution in [1.82, 2.24) is 4.98 Å². The zero-order chi connectivity index (χ0) is 16.1. The number of aryl methyl sites for hydroxylation is 1. The van der Waals surface area contributed by atoms with Crippen molar-refractivity contribution >= 4 is 23.1 Å². The zero-order valence-electron chi connectivity index (χ0n) is 13.2. The predicted molar refractivity (Wildman–Crippen MR) is 90.9 cm³/mol. The van der Waals surface area contributed by atoms with E-state index < -0.39 is 0 Å². The van der Waals surface area contributed by atoms with Gasteiger partial charge in [-0.1, -0.05) is 18.2 Å². The molecular formula is C18H21N3O2. The Labute approximate surface area is 136 Å². The van der Waals surface area contributed by atoms with Gasteiger partial charge in [-0.3, -0.25) is 4.79 Å². The number of carbonyl (C=O) groups excluding carboxylic acids is 1. The first kappa shape index (κ1) is 15.5. The van der Waals surface area contributed by atoms with Crippen LogP contribution in [0.1, 0.15) is 18.4 Å². The van der Waals surface area contributed by atoms with E-state index in [0.717, 1.165) is 24.2 Å². The highest BCUT2D eigenvalue weighted by atomic mass is 16.5. The number of para-hydroxylation sites is 1. The number of rotatable bonds is 4. The third-order valence-corrected chi connectivity index (χ3v) is 4.03. The molecule has 0 bridgehead atoms. The first-order valence-corrected chi connectivity index (χ1v) is 7.90. The minimum absolute atomic E-state index is 0.0234. The van der Waals surface area contributed by atoms with Gasteiger partial charge in [0, 0.05) is 24.8 Å². The summed E-state index contributed by atoms with van der Waals surface area (Å²) in [7, 11) is 0. The fourth-order valence-corrected chi connectivity index (χ4v) is 2.60. The van der Waals surface area contributed by atoms with Crippen molar-refractivity contribution in [3.05, 3.63) is 48.2 Å². The Bertz CT molecular complexity index is 664. The van der Waals surface area contributed by atoms with Crippen LogP contribution in [0.2, 0.25) is 0 Å². The van der Waals surface area contributed by atoms with E-state index in [2.05, 4.69) is 28.6 Å². The van der Waals surface area contributed by atoms with Crippen molar-refractivity contribution in [2.45, 2.75) is 19.8 Å². The van der Waals surface area contributed by atoms with E-state index in [-0.39, 0.29) is 11.8 Å². The van der Waals surface area contributed by atoms with Gasteiger partial charge in [0.15, 0.2) is 0 Å². The molecule has 1 aromatic heterocycles. The molecule has 120 valence electrons. The van der Waals surface area contributed by atoms with Crippen molar-refractivity contribution in [2.75, 3.05) is 23.8 Å². The fraction of sp³-hybridized carbons (Fsp3) is 0.333. The van der Waals surface area contributed by atoms with E-state index in [1.807, 2.05) is 30.3 Å². The Balaban J connectivity index is 1.60. The molecular weight excluding hydrogens is 290 g/mol. The van der Waals surface area contributed by atoms with Crippen LogP contribution in [0.4, 0.5) is 17.2 Å². The van der Waals surface area contributed by atoms with Crippen LogP contribution in [0.3, 0.4) is 0 Å². The molecule has 0 radical (unpaired) electrons. The summed E-state index contributed by atoms with van der Waals surface area (Å²) in [6.45, 7) is 3.37. The first-order chi connectivity index (χ1) is 11.2. The van der Waals surface area contributed by atoms with E-state index in [1.54, 1.807) is 6.20 Å². The maximum Gasteiger partial charge on any atom is 0.228 e. The standard InChI is InChI=1S/C18H21N3O2/c1-13-4-2-3-5-16(13)20-15-6-7-17(19-12-15)21-18(22)14-8-10-23-11-9-14/h2-7,12,14,20H,8-11H2,1H3,(H,19,21,22). The monoisotopic (exact) mass is 311 g/mol. The van der Waals surface area contributed by atoms with Gasteiger partial charge in [-0.25, -0.2) is 4.98 Å². The van der Waals surface area contributed by atoms with Crippen molar-refractivity contribution < 1.29 is 9.53 Å². The van der Waals surface area contributed by atoms with Gasteiger partial charge in [0.1, 0.15) is 5.82 Å². The highest BCUT2D eigenvalue weighted by Crippen LogP contribution is 2.21. The number of amides is 1. The Morgan fingerprint density at radius 1 is 1.17 bits per heavy atom. The van der Waals surface area contributed by atoms with Crippen molar-refractivity contribution in [2.24, 2.45) is 5.92 Å². The molecule has 2 N–H and O–H groups in total. The molecule has 1 saturated heterocycles. The Morgan fingerprint density at radius 3 is 2.65 bits per heavy atom. The second-order valence-electron chi connectivity index (χ2n) is 5.75. The van der Waals surface area contributed by atoms with Gasteiger partial charge in [-0.2, -0.15) is 0 Å². The summed E-state index contributed by atoms with van der Waals surface area (Å²) < 4.78 is 5.28. The summed E-state index contributed by atoms with van der Waals surface area (Å²) in [5, 5.41) is 6.21. The molecule has 1 aliphatic rings. The first-order valence-electron chi connectivity index (χ1n) is 7.90. The lowest BCUT2D eigenvalue weighted by molar-refractivity contribution is -0.122. The van der Waals surface area contributed by atoms with E-state index in [4.69, 9.17) is 4.74 Å². The Morgan fingerprint density at radius 2 is 1.96 bits per heavy atom. The number of hydrogen-bond donors (Lipinski definition) is 2. The average Bonchev–Trinajstić information content (AvgIpc) is 2.59. The Hall–Kier alpha value is -2.40. The molecule has 5 nitrogen and oxygen atoms in total. The molecule has 2 aromatic rings. The maximum atomic E-state index is 12.2. The third kappa shape index (κ3) is 4.07. The number of anilines is 3. The zero-order valence-corrected chi connectivity index (χ0v) is 13.2. The summed E-state index contributed by atoms with van der Waals surface area (Å²) in [4.78, 5) is 16.5. The lowest BCUT2D eigenvalue weighted by atomic mass is 9.99. The molecule has 0 atom stereocenters. The van der Waals surface area contributed by atoms with Gasteiger partial charge < -0.3 is 15.4 Å². The van der Waals surface area contributed by atoms with Crippen LogP contribution in [0, 0.1) is 12.8 Å². The van der Waals surface area contributed by atoms with Gasteiger partial charge in [-0.15, -0.1) is 0 Å². The van der Waals surface area contributed by atoms with Crippen molar-refractivity contribution in [3.8, 4) is 0 Å². The lowest BCUT2D eigenvalue weighted by Crippen LogP contribution is -2.28. The predicted octanol–water partition coefficient (Wildman–Crippen LogP) is 3.50. The minimum atomic E-state index is 0.0234. The molecule has 1 aliphatic heterocycles. The molecule has 2 heterocycles. The summed E-state index contributed by atoms with van der Waals surface area (Å²) in [6, 6.07) is 11.8. The lowest BCUT2D eigenvalue weighted by Gasteiger charge is -2.21.